The average Bonchev–Trinajstić information content (AvgIpc) is 2.81. The molecule has 1 atom stereocenters. The number of carboxylic acids is 1. The van der Waals surface area contributed by atoms with E-state index in [-0.39, 0.29) is 5.78 Å². The Hall–Kier alpha value is -2.95. The minimum atomic E-state index is -1.11. The second kappa shape index (κ2) is 5.11. The number of amides is 1. The summed E-state index contributed by atoms with van der Waals surface area (Å²) in [6.45, 7) is 1.39. The molecular weight excluding hydrogens is 282 g/mol. The normalized spacial score (nSPS) is 13.2. The van der Waals surface area contributed by atoms with Gasteiger partial charge in [-0.1, -0.05) is 36.4 Å². The molecule has 0 fully saturated rings. The highest BCUT2D eigenvalue weighted by Gasteiger charge is 2.30. The third-order valence-corrected chi connectivity index (χ3v) is 3.71. The Morgan fingerprint density at radius 1 is 1.00 bits per heavy atom. The van der Waals surface area contributed by atoms with Gasteiger partial charge in [0.05, 0.1) is 0 Å². The van der Waals surface area contributed by atoms with E-state index in [9.17, 15) is 14.4 Å². The lowest BCUT2D eigenvalue weighted by Gasteiger charge is -2.12. The molecule has 0 spiro atoms. The molecule has 1 aliphatic carbocycles. The number of ketones is 1. The van der Waals surface area contributed by atoms with E-state index < -0.39 is 17.9 Å². The van der Waals surface area contributed by atoms with Gasteiger partial charge in [-0.25, -0.2) is 0 Å². The van der Waals surface area contributed by atoms with Gasteiger partial charge in [-0.15, -0.1) is 0 Å². The number of carbonyl (C=O) groups excluding carboxylic acids is 2. The lowest BCUT2D eigenvalue weighted by molar-refractivity contribution is -0.138. The fourth-order valence-corrected chi connectivity index (χ4v) is 2.60. The van der Waals surface area contributed by atoms with Crippen LogP contribution in [0.2, 0.25) is 0 Å². The van der Waals surface area contributed by atoms with Crippen molar-refractivity contribution >= 4 is 17.7 Å². The topological polar surface area (TPSA) is 83.5 Å². The van der Waals surface area contributed by atoms with Gasteiger partial charge < -0.3 is 10.4 Å². The first-order valence-electron chi connectivity index (χ1n) is 6.81. The zero-order chi connectivity index (χ0) is 15.9. The number of carboxylic acid groups (broad SMARTS) is 1. The van der Waals surface area contributed by atoms with Gasteiger partial charge in [0.25, 0.3) is 5.91 Å². The van der Waals surface area contributed by atoms with Gasteiger partial charge >= 0.3 is 5.97 Å². The van der Waals surface area contributed by atoms with Gasteiger partial charge in [0.2, 0.25) is 0 Å². The molecule has 0 aliphatic heterocycles. The molecular formula is C17H13NO4. The fraction of sp³-hybridized carbons (Fsp3) is 0.118. The van der Waals surface area contributed by atoms with Crippen LogP contribution >= 0.6 is 0 Å². The summed E-state index contributed by atoms with van der Waals surface area (Å²) in [6, 6.07) is 11.0. The van der Waals surface area contributed by atoms with E-state index in [0.717, 1.165) is 0 Å². The lowest BCUT2D eigenvalue weighted by Crippen LogP contribution is -2.38. The second-order valence-corrected chi connectivity index (χ2v) is 5.14. The van der Waals surface area contributed by atoms with E-state index in [1.165, 1.54) is 6.92 Å². The standard InChI is InChI=1S/C17H13NO4/c1-9(17(21)22)18-16(20)13-8-4-7-12-14(13)10-5-2-3-6-11(10)15(12)19/h2-9H,1H3,(H,18,20)(H,21,22). The van der Waals surface area contributed by atoms with Crippen LogP contribution in [-0.4, -0.2) is 28.8 Å². The van der Waals surface area contributed by atoms with Crippen molar-refractivity contribution < 1.29 is 19.5 Å². The first-order valence-corrected chi connectivity index (χ1v) is 6.81. The summed E-state index contributed by atoms with van der Waals surface area (Å²) >= 11 is 0. The minimum Gasteiger partial charge on any atom is -0.480 e. The van der Waals surface area contributed by atoms with Crippen molar-refractivity contribution in [1.82, 2.24) is 5.32 Å². The van der Waals surface area contributed by atoms with Crippen molar-refractivity contribution in [3.05, 3.63) is 59.2 Å². The molecule has 22 heavy (non-hydrogen) atoms. The van der Waals surface area contributed by atoms with Crippen molar-refractivity contribution in [2.24, 2.45) is 0 Å². The highest BCUT2D eigenvalue weighted by Crippen LogP contribution is 2.38. The molecule has 0 bridgehead atoms. The molecule has 0 aromatic heterocycles. The first-order chi connectivity index (χ1) is 10.5. The number of hydrogen-bond acceptors (Lipinski definition) is 3. The third-order valence-electron chi connectivity index (χ3n) is 3.71. The molecule has 2 aromatic rings. The summed E-state index contributed by atoms with van der Waals surface area (Å²) < 4.78 is 0. The number of fused-ring (bicyclic) bond motifs is 3. The zero-order valence-corrected chi connectivity index (χ0v) is 11.8. The minimum absolute atomic E-state index is 0.119. The van der Waals surface area contributed by atoms with Crippen molar-refractivity contribution in [1.29, 1.82) is 0 Å². The van der Waals surface area contributed by atoms with Gasteiger partial charge in [0.15, 0.2) is 5.78 Å². The predicted molar refractivity (Wildman–Crippen MR) is 79.9 cm³/mol. The van der Waals surface area contributed by atoms with Crippen LogP contribution in [0.3, 0.4) is 0 Å². The van der Waals surface area contributed by atoms with Crippen molar-refractivity contribution in [3.8, 4) is 11.1 Å². The molecule has 110 valence electrons. The van der Waals surface area contributed by atoms with E-state index in [1.807, 2.05) is 0 Å². The highest BCUT2D eigenvalue weighted by atomic mass is 16.4. The molecule has 0 saturated heterocycles. The predicted octanol–water partition coefficient (Wildman–Crippen LogP) is 2.10. The van der Waals surface area contributed by atoms with Crippen LogP contribution in [0.25, 0.3) is 11.1 Å². The molecule has 0 heterocycles. The Morgan fingerprint density at radius 3 is 2.32 bits per heavy atom. The maximum Gasteiger partial charge on any atom is 0.325 e. The van der Waals surface area contributed by atoms with Crippen LogP contribution in [0.15, 0.2) is 42.5 Å². The van der Waals surface area contributed by atoms with Gasteiger partial charge in [-0.3, -0.25) is 14.4 Å². The summed E-state index contributed by atoms with van der Waals surface area (Å²) in [4.78, 5) is 35.6. The fourth-order valence-electron chi connectivity index (χ4n) is 2.60. The van der Waals surface area contributed by atoms with Crippen LogP contribution in [0.4, 0.5) is 0 Å². The molecule has 5 nitrogen and oxygen atoms in total. The smallest absolute Gasteiger partial charge is 0.325 e. The van der Waals surface area contributed by atoms with Gasteiger partial charge in [0.1, 0.15) is 6.04 Å². The number of benzene rings is 2. The largest absolute Gasteiger partial charge is 0.480 e. The number of aliphatic carboxylic acids is 1. The second-order valence-electron chi connectivity index (χ2n) is 5.14. The Morgan fingerprint density at radius 2 is 1.64 bits per heavy atom. The number of hydrogen-bond donors (Lipinski definition) is 2. The molecule has 1 amide bonds. The summed E-state index contributed by atoms with van der Waals surface area (Å²) in [5, 5.41) is 11.3. The van der Waals surface area contributed by atoms with Gasteiger partial charge in [-0.2, -0.15) is 0 Å². The molecule has 1 aliphatic rings. The van der Waals surface area contributed by atoms with E-state index >= 15 is 0 Å². The van der Waals surface area contributed by atoms with Crippen molar-refractivity contribution in [2.75, 3.05) is 0 Å². The summed E-state index contributed by atoms with van der Waals surface area (Å²) in [6.07, 6.45) is 0. The van der Waals surface area contributed by atoms with Crippen LogP contribution in [-0.2, 0) is 4.79 Å². The van der Waals surface area contributed by atoms with Crippen LogP contribution in [0.1, 0.15) is 33.2 Å². The zero-order valence-electron chi connectivity index (χ0n) is 11.8. The molecule has 1 unspecified atom stereocenters. The van der Waals surface area contributed by atoms with Crippen LogP contribution in [0.5, 0.6) is 0 Å². The number of rotatable bonds is 3. The Bertz CT molecular complexity index is 810. The molecule has 2 aromatic carbocycles. The van der Waals surface area contributed by atoms with Gasteiger partial charge in [-0.05, 0) is 18.6 Å². The maximum absolute atomic E-state index is 12.4. The summed E-state index contributed by atoms with van der Waals surface area (Å²) in [7, 11) is 0. The van der Waals surface area contributed by atoms with Crippen LogP contribution < -0.4 is 5.32 Å². The van der Waals surface area contributed by atoms with E-state index in [4.69, 9.17) is 5.11 Å². The molecule has 2 N–H and O–H groups in total. The number of nitrogens with one attached hydrogen (secondary N) is 1. The average molecular weight is 295 g/mol. The summed E-state index contributed by atoms with van der Waals surface area (Å²) in [5.41, 5.74) is 2.61. The van der Waals surface area contributed by atoms with Crippen molar-refractivity contribution in [2.45, 2.75) is 13.0 Å². The van der Waals surface area contributed by atoms with Crippen molar-refractivity contribution in [3.63, 3.8) is 0 Å². The SMILES string of the molecule is CC(NC(=O)c1cccc2c1-c1ccccc1C2=O)C(=O)O. The summed E-state index contributed by atoms with van der Waals surface area (Å²) in [5.74, 6) is -1.74. The van der Waals surface area contributed by atoms with E-state index in [1.54, 1.807) is 42.5 Å². The van der Waals surface area contributed by atoms with E-state index in [0.29, 0.717) is 27.8 Å². The van der Waals surface area contributed by atoms with Gasteiger partial charge in [0, 0.05) is 22.3 Å². The highest BCUT2D eigenvalue weighted by molar-refractivity contribution is 6.24. The lowest BCUT2D eigenvalue weighted by atomic mass is 9.99. The molecule has 0 radical (unpaired) electrons. The molecule has 5 heteroatoms. The monoisotopic (exact) mass is 295 g/mol. The molecule has 3 rings (SSSR count). The Labute approximate surface area is 126 Å². The Balaban J connectivity index is 2.09. The van der Waals surface area contributed by atoms with E-state index in [2.05, 4.69) is 5.32 Å². The third kappa shape index (κ3) is 2.07. The number of carbonyl (C=O) groups is 3. The van der Waals surface area contributed by atoms with Crippen LogP contribution in [0, 0.1) is 0 Å². The maximum atomic E-state index is 12.4. The molecule has 0 saturated carbocycles. The Kier molecular flexibility index (Phi) is 3.25. The quantitative estimate of drug-likeness (QED) is 0.775. The first kappa shape index (κ1) is 14.0.